The molecule has 0 saturated heterocycles. The Morgan fingerprint density at radius 2 is 1.00 bits per heavy atom. The zero-order valence-corrected chi connectivity index (χ0v) is 21.3. The lowest BCUT2D eigenvalue weighted by Crippen LogP contribution is -2.43. The fourth-order valence-corrected chi connectivity index (χ4v) is 6.10. The highest BCUT2D eigenvalue weighted by molar-refractivity contribution is 6.67. The van der Waals surface area contributed by atoms with Gasteiger partial charge in [0, 0.05) is 26.8 Å². The average molecular weight is 418 g/mol. The van der Waals surface area contributed by atoms with Crippen molar-refractivity contribution in [2.75, 3.05) is 73.1 Å². The second kappa shape index (κ2) is 17.8. The second-order valence-electron chi connectivity index (χ2n) is 7.84. The molecule has 0 aromatic carbocycles. The lowest BCUT2D eigenvalue weighted by Gasteiger charge is -2.31. The molecule has 0 bridgehead atoms. The second-order valence-corrected chi connectivity index (χ2v) is 11.7. The van der Waals surface area contributed by atoms with Gasteiger partial charge in [0.15, 0.2) is 0 Å². The first-order valence-corrected chi connectivity index (χ1v) is 14.0. The molecule has 28 heavy (non-hydrogen) atoms. The van der Waals surface area contributed by atoms with Gasteiger partial charge in [0.1, 0.15) is 0 Å². The summed E-state index contributed by atoms with van der Waals surface area (Å²) in [5, 5.41) is 0. The third-order valence-corrected chi connectivity index (χ3v) is 9.51. The minimum atomic E-state index is -2.00. The molecule has 0 N–H and O–H groups in total. The Morgan fingerprint density at radius 3 is 1.32 bits per heavy atom. The van der Waals surface area contributed by atoms with Crippen LogP contribution < -0.4 is 0 Å². The van der Waals surface area contributed by atoms with E-state index in [1.54, 1.807) is 0 Å². The van der Waals surface area contributed by atoms with Crippen molar-refractivity contribution in [1.82, 2.24) is 14.7 Å². The maximum absolute atomic E-state index is 5.84. The molecule has 0 aromatic rings. The van der Waals surface area contributed by atoms with Crippen molar-refractivity contribution in [1.29, 1.82) is 0 Å². The van der Waals surface area contributed by atoms with Crippen LogP contribution in [0.15, 0.2) is 0 Å². The molecule has 0 spiro atoms. The van der Waals surface area contributed by atoms with E-state index < -0.39 is 8.56 Å². The predicted molar refractivity (Wildman–Crippen MR) is 126 cm³/mol. The van der Waals surface area contributed by atoms with Crippen LogP contribution in [0.5, 0.6) is 0 Å². The van der Waals surface area contributed by atoms with E-state index in [1.807, 2.05) is 14.2 Å². The van der Waals surface area contributed by atoms with Crippen molar-refractivity contribution in [3.8, 4) is 0 Å². The van der Waals surface area contributed by atoms with Crippen LogP contribution in [0.2, 0.25) is 12.1 Å². The molecule has 0 aliphatic heterocycles. The van der Waals surface area contributed by atoms with Gasteiger partial charge >= 0.3 is 8.56 Å². The maximum atomic E-state index is 5.84. The lowest BCUT2D eigenvalue weighted by atomic mass is 10.3. The van der Waals surface area contributed by atoms with E-state index >= 15 is 0 Å². The topological polar surface area (TPSA) is 28.2 Å². The van der Waals surface area contributed by atoms with Gasteiger partial charge in [0.2, 0.25) is 0 Å². The quantitative estimate of drug-likeness (QED) is 0.276. The minimum absolute atomic E-state index is 1.02. The minimum Gasteiger partial charge on any atom is -0.398 e. The molecule has 6 heteroatoms. The van der Waals surface area contributed by atoms with Gasteiger partial charge in [-0.15, -0.1) is 0 Å². The first-order chi connectivity index (χ1) is 13.5. The van der Waals surface area contributed by atoms with Gasteiger partial charge in [-0.1, -0.05) is 34.6 Å². The Kier molecular flexibility index (Phi) is 17.9. The fourth-order valence-electron chi connectivity index (χ4n) is 3.94. The molecule has 5 nitrogen and oxygen atoms in total. The van der Waals surface area contributed by atoms with E-state index in [2.05, 4.69) is 49.3 Å². The number of hydrogen-bond acceptors (Lipinski definition) is 5. The summed E-state index contributed by atoms with van der Waals surface area (Å²) in [6.45, 7) is 22.0. The Balaban J connectivity index is 4.63. The van der Waals surface area contributed by atoms with Gasteiger partial charge in [-0.25, -0.2) is 0 Å². The van der Waals surface area contributed by atoms with Gasteiger partial charge in [0.05, 0.1) is 0 Å². The third-order valence-electron chi connectivity index (χ3n) is 5.96. The molecule has 0 radical (unpaired) electrons. The van der Waals surface area contributed by atoms with Crippen LogP contribution in [-0.4, -0.2) is 96.4 Å². The Hall–Kier alpha value is 0.0169. The maximum Gasteiger partial charge on any atom is 0.338 e. The van der Waals surface area contributed by atoms with Crippen molar-refractivity contribution >= 4 is 8.56 Å². The summed E-state index contributed by atoms with van der Waals surface area (Å²) in [4.78, 5) is 7.82. The zero-order valence-electron chi connectivity index (χ0n) is 20.3. The third kappa shape index (κ3) is 11.9. The molecule has 0 aliphatic carbocycles. The van der Waals surface area contributed by atoms with Crippen LogP contribution in [0.1, 0.15) is 60.3 Å². The Morgan fingerprint density at radius 1 is 0.571 bits per heavy atom. The monoisotopic (exact) mass is 417 g/mol. The van der Waals surface area contributed by atoms with Gasteiger partial charge in [-0.3, -0.25) is 0 Å². The molecule has 0 fully saturated rings. The average Bonchev–Trinajstić information content (AvgIpc) is 2.73. The molecule has 0 atom stereocenters. The highest BCUT2D eigenvalue weighted by Crippen LogP contribution is 2.18. The first-order valence-electron chi connectivity index (χ1n) is 11.8. The SMILES string of the molecule is CCCN(CC)CCCN(CCCN(CC)CCC)CC[Si](CC)(OC)OC. The van der Waals surface area contributed by atoms with Crippen LogP contribution in [-0.2, 0) is 8.85 Å². The molecule has 0 aliphatic rings. The molecule has 0 aromatic heterocycles. The van der Waals surface area contributed by atoms with Gasteiger partial charge < -0.3 is 23.6 Å². The lowest BCUT2D eigenvalue weighted by molar-refractivity contribution is 0.203. The summed E-state index contributed by atoms with van der Waals surface area (Å²) < 4.78 is 11.7. The number of rotatable bonds is 20. The zero-order chi connectivity index (χ0) is 21.3. The van der Waals surface area contributed by atoms with E-state index in [1.165, 1.54) is 65.0 Å². The largest absolute Gasteiger partial charge is 0.398 e. The van der Waals surface area contributed by atoms with Gasteiger partial charge in [-0.2, -0.15) is 0 Å². The molecule has 0 heterocycles. The smallest absolute Gasteiger partial charge is 0.338 e. The van der Waals surface area contributed by atoms with Crippen molar-refractivity contribution in [3.05, 3.63) is 0 Å². The Labute approximate surface area is 178 Å². The van der Waals surface area contributed by atoms with Crippen LogP contribution in [0.4, 0.5) is 0 Å². The summed E-state index contributed by atoms with van der Waals surface area (Å²) >= 11 is 0. The normalized spacial score (nSPS) is 12.6. The van der Waals surface area contributed by atoms with E-state index in [0.717, 1.165) is 31.7 Å². The molecule has 0 unspecified atom stereocenters. The van der Waals surface area contributed by atoms with E-state index in [0.29, 0.717) is 0 Å². The molecular formula is C22H51N3O2Si. The van der Waals surface area contributed by atoms with Crippen LogP contribution >= 0.6 is 0 Å². The molecule has 0 amide bonds. The van der Waals surface area contributed by atoms with Crippen molar-refractivity contribution < 1.29 is 8.85 Å². The highest BCUT2D eigenvalue weighted by atomic mass is 28.4. The molecule has 0 rings (SSSR count). The van der Waals surface area contributed by atoms with E-state index in [9.17, 15) is 0 Å². The van der Waals surface area contributed by atoms with Crippen LogP contribution in [0.3, 0.4) is 0 Å². The highest BCUT2D eigenvalue weighted by Gasteiger charge is 2.33. The van der Waals surface area contributed by atoms with Gasteiger partial charge in [0.25, 0.3) is 0 Å². The fraction of sp³-hybridized carbons (Fsp3) is 1.00. The van der Waals surface area contributed by atoms with Gasteiger partial charge in [-0.05, 0) is 84.1 Å². The van der Waals surface area contributed by atoms with E-state index in [4.69, 9.17) is 8.85 Å². The number of nitrogens with zero attached hydrogens (tertiary/aromatic N) is 3. The van der Waals surface area contributed by atoms with Crippen LogP contribution in [0, 0.1) is 0 Å². The summed E-state index contributed by atoms with van der Waals surface area (Å²) in [5.41, 5.74) is 0. The summed E-state index contributed by atoms with van der Waals surface area (Å²) in [5.74, 6) is 0. The molecule has 170 valence electrons. The van der Waals surface area contributed by atoms with Crippen molar-refractivity contribution in [3.63, 3.8) is 0 Å². The molecular weight excluding hydrogens is 366 g/mol. The predicted octanol–water partition coefficient (Wildman–Crippen LogP) is 4.29. The van der Waals surface area contributed by atoms with Crippen LogP contribution in [0.25, 0.3) is 0 Å². The van der Waals surface area contributed by atoms with E-state index in [-0.39, 0.29) is 0 Å². The summed E-state index contributed by atoms with van der Waals surface area (Å²) in [6.07, 6.45) is 4.99. The Bertz CT molecular complexity index is 315. The number of hydrogen-bond donors (Lipinski definition) is 0. The summed E-state index contributed by atoms with van der Waals surface area (Å²) in [7, 11) is 1.66. The molecule has 0 saturated carbocycles. The first kappa shape index (κ1) is 28.0. The standard InChI is InChI=1S/C22H51N3O2Si/c1-8-15-23(10-3)17-13-19-25(20-14-18-24(11-4)16-9-2)21-22-28(12-5,26-6)27-7/h8-22H2,1-7H3. The summed E-state index contributed by atoms with van der Waals surface area (Å²) in [6, 6.07) is 2.09. The van der Waals surface area contributed by atoms with Crippen molar-refractivity contribution in [2.45, 2.75) is 72.4 Å². The van der Waals surface area contributed by atoms with Crippen molar-refractivity contribution in [2.24, 2.45) is 0 Å².